The Kier molecular flexibility index (Phi) is 8.04. The Bertz CT molecular complexity index is 1500. The number of nitrogen functional groups attached to an aromatic ring is 2. The minimum absolute atomic E-state index is 0.137. The van der Waals surface area contributed by atoms with Gasteiger partial charge in [0.25, 0.3) is 0 Å². The molecule has 1 aromatic carbocycles. The summed E-state index contributed by atoms with van der Waals surface area (Å²) < 4.78 is 15.6. The molecular weight excluding hydrogens is 574 g/mol. The highest BCUT2D eigenvalue weighted by Gasteiger charge is 2.43. The molecule has 0 saturated carbocycles. The molecule has 1 saturated heterocycles. The number of ether oxygens (including phenoxy) is 2. The van der Waals surface area contributed by atoms with Gasteiger partial charge < -0.3 is 36.5 Å². The van der Waals surface area contributed by atoms with Crippen LogP contribution in [-0.2, 0) is 17.8 Å². The number of anilines is 2. The molecule has 0 spiro atoms. The van der Waals surface area contributed by atoms with E-state index in [4.69, 9.17) is 20.9 Å². The van der Waals surface area contributed by atoms with Crippen molar-refractivity contribution in [3.05, 3.63) is 63.6 Å². The standard InChI is InChI=1S/C24H28BrN9O5/c25-14-1-3-15(4-2-14)38-8-7-33-10-13(20(26)32-24(33)37)9-28-6-5-16-18(35)19(36)23(39-16)34-12-31-17-21(27)29-11-30-22(17)34/h1-4,10-12,16,18-19,23,28,35-36H,5-9H2,(H2,26,32,37)(H2,27,29,30). The molecule has 4 heterocycles. The van der Waals surface area contributed by atoms with E-state index in [9.17, 15) is 15.0 Å². The predicted octanol–water partition coefficient (Wildman–Crippen LogP) is 0.188. The van der Waals surface area contributed by atoms with Gasteiger partial charge in [-0.05, 0) is 37.2 Å². The molecule has 3 aromatic heterocycles. The number of nitrogens with zero attached hydrogens (tertiary/aromatic N) is 6. The lowest BCUT2D eigenvalue weighted by molar-refractivity contribution is -0.0367. The lowest BCUT2D eigenvalue weighted by Gasteiger charge is -2.16. The van der Waals surface area contributed by atoms with Crippen LogP contribution in [0, 0.1) is 0 Å². The normalized spacial score (nSPS) is 21.0. The Morgan fingerprint density at radius 2 is 1.90 bits per heavy atom. The molecule has 0 bridgehead atoms. The second-order valence-electron chi connectivity index (χ2n) is 9.02. The van der Waals surface area contributed by atoms with Crippen LogP contribution in [0.5, 0.6) is 5.75 Å². The molecular formula is C24H28BrN9O5. The van der Waals surface area contributed by atoms with Crippen LogP contribution < -0.4 is 27.2 Å². The number of aliphatic hydroxyl groups excluding tert-OH is 2. The van der Waals surface area contributed by atoms with Gasteiger partial charge in [-0.1, -0.05) is 15.9 Å². The number of benzene rings is 1. The number of rotatable bonds is 10. The molecule has 7 N–H and O–H groups in total. The highest BCUT2D eigenvalue weighted by molar-refractivity contribution is 9.10. The largest absolute Gasteiger partial charge is 0.492 e. The summed E-state index contributed by atoms with van der Waals surface area (Å²) in [6.07, 6.45) is 0.967. The number of hydrogen-bond acceptors (Lipinski definition) is 12. The van der Waals surface area contributed by atoms with Gasteiger partial charge in [-0.2, -0.15) is 4.98 Å². The summed E-state index contributed by atoms with van der Waals surface area (Å²) >= 11 is 3.38. The van der Waals surface area contributed by atoms with Gasteiger partial charge in [0.1, 0.15) is 42.2 Å². The van der Waals surface area contributed by atoms with Crippen molar-refractivity contribution in [2.45, 2.75) is 44.1 Å². The topological polar surface area (TPSA) is 201 Å². The number of nitrogens with one attached hydrogen (secondary N) is 1. The van der Waals surface area contributed by atoms with Crippen LogP contribution in [0.2, 0.25) is 0 Å². The molecule has 4 atom stereocenters. The van der Waals surface area contributed by atoms with Crippen LogP contribution in [0.1, 0.15) is 18.2 Å². The fraction of sp³-hybridized carbons (Fsp3) is 0.375. The van der Waals surface area contributed by atoms with Crippen molar-refractivity contribution in [2.75, 3.05) is 24.6 Å². The Morgan fingerprint density at radius 1 is 1.10 bits per heavy atom. The van der Waals surface area contributed by atoms with Crippen molar-refractivity contribution in [1.82, 2.24) is 34.4 Å². The van der Waals surface area contributed by atoms with E-state index in [1.54, 1.807) is 6.20 Å². The fourth-order valence-electron chi connectivity index (χ4n) is 4.36. The fourth-order valence-corrected chi connectivity index (χ4v) is 4.62. The summed E-state index contributed by atoms with van der Waals surface area (Å²) in [6, 6.07) is 7.41. The highest BCUT2D eigenvalue weighted by Crippen LogP contribution is 2.33. The Hall–Kier alpha value is -3.63. The summed E-state index contributed by atoms with van der Waals surface area (Å²) in [5, 5.41) is 24.4. The van der Waals surface area contributed by atoms with Crippen LogP contribution in [-0.4, -0.2) is 70.7 Å². The lowest BCUT2D eigenvalue weighted by Crippen LogP contribution is -2.33. The monoisotopic (exact) mass is 601 g/mol. The predicted molar refractivity (Wildman–Crippen MR) is 145 cm³/mol. The smallest absolute Gasteiger partial charge is 0.349 e. The van der Waals surface area contributed by atoms with Crippen LogP contribution in [0.25, 0.3) is 11.2 Å². The van der Waals surface area contributed by atoms with E-state index in [1.165, 1.54) is 21.8 Å². The molecule has 4 aromatic rings. The molecule has 206 valence electrons. The zero-order valence-electron chi connectivity index (χ0n) is 20.7. The average molecular weight is 602 g/mol. The van der Waals surface area contributed by atoms with E-state index in [0.29, 0.717) is 48.5 Å². The molecule has 14 nitrogen and oxygen atoms in total. The van der Waals surface area contributed by atoms with Gasteiger partial charge in [0.05, 0.1) is 19.0 Å². The third kappa shape index (κ3) is 5.86. The second-order valence-corrected chi connectivity index (χ2v) is 9.94. The molecule has 0 amide bonds. The van der Waals surface area contributed by atoms with Crippen LogP contribution in [0.3, 0.4) is 0 Å². The van der Waals surface area contributed by atoms with E-state index >= 15 is 0 Å². The molecule has 15 heteroatoms. The molecule has 39 heavy (non-hydrogen) atoms. The van der Waals surface area contributed by atoms with E-state index in [-0.39, 0.29) is 18.2 Å². The first kappa shape index (κ1) is 27.0. The van der Waals surface area contributed by atoms with E-state index in [0.717, 1.165) is 4.47 Å². The molecule has 0 radical (unpaired) electrons. The Balaban J connectivity index is 1.14. The average Bonchev–Trinajstić information content (AvgIpc) is 3.47. The van der Waals surface area contributed by atoms with Gasteiger partial charge in [0.2, 0.25) is 0 Å². The van der Waals surface area contributed by atoms with E-state index < -0.39 is 30.2 Å². The van der Waals surface area contributed by atoms with E-state index in [1.807, 2.05) is 24.3 Å². The maximum Gasteiger partial charge on any atom is 0.349 e. The molecule has 1 aliphatic rings. The summed E-state index contributed by atoms with van der Waals surface area (Å²) in [5.74, 6) is 1.04. The number of nitrogens with two attached hydrogens (primary N) is 2. The van der Waals surface area contributed by atoms with Gasteiger partial charge in [0.15, 0.2) is 17.7 Å². The van der Waals surface area contributed by atoms with Crippen molar-refractivity contribution in [3.8, 4) is 5.75 Å². The second kappa shape index (κ2) is 11.6. The van der Waals surface area contributed by atoms with Gasteiger partial charge in [0, 0.05) is 22.8 Å². The first-order valence-electron chi connectivity index (χ1n) is 12.2. The number of halogens is 1. The quantitative estimate of drug-likeness (QED) is 0.155. The van der Waals surface area contributed by atoms with Crippen molar-refractivity contribution in [1.29, 1.82) is 0 Å². The molecule has 1 aliphatic heterocycles. The number of aromatic nitrogens is 6. The van der Waals surface area contributed by atoms with Gasteiger partial charge in [-0.15, -0.1) is 0 Å². The SMILES string of the molecule is Nc1nc(=O)n(CCOc2ccc(Br)cc2)cc1CNCCC1OC(n2cnc3c(N)ncnc32)C(O)C1O. The third-order valence-electron chi connectivity index (χ3n) is 6.44. The zero-order valence-corrected chi connectivity index (χ0v) is 22.3. The number of fused-ring (bicyclic) bond motifs is 1. The molecule has 1 fully saturated rings. The zero-order chi connectivity index (χ0) is 27.5. The Labute approximate surface area is 230 Å². The summed E-state index contributed by atoms with van der Waals surface area (Å²) in [7, 11) is 0. The lowest BCUT2D eigenvalue weighted by atomic mass is 10.1. The van der Waals surface area contributed by atoms with Gasteiger partial charge >= 0.3 is 5.69 Å². The van der Waals surface area contributed by atoms with Crippen LogP contribution in [0.15, 0.2) is 52.4 Å². The maximum absolute atomic E-state index is 12.3. The molecule has 4 unspecified atom stereocenters. The molecule has 5 rings (SSSR count). The summed E-state index contributed by atoms with van der Waals surface area (Å²) in [6.45, 7) is 1.36. The van der Waals surface area contributed by atoms with Gasteiger partial charge in [-0.3, -0.25) is 9.13 Å². The first-order valence-corrected chi connectivity index (χ1v) is 13.0. The maximum atomic E-state index is 12.3. The summed E-state index contributed by atoms with van der Waals surface area (Å²) in [5.41, 5.74) is 12.8. The van der Waals surface area contributed by atoms with Crippen molar-refractivity contribution in [3.63, 3.8) is 0 Å². The minimum atomic E-state index is -1.19. The highest BCUT2D eigenvalue weighted by atomic mass is 79.9. The van der Waals surface area contributed by atoms with Crippen molar-refractivity contribution in [2.24, 2.45) is 0 Å². The van der Waals surface area contributed by atoms with Crippen LogP contribution in [0.4, 0.5) is 11.6 Å². The van der Waals surface area contributed by atoms with Gasteiger partial charge in [-0.25, -0.2) is 19.7 Å². The van der Waals surface area contributed by atoms with Crippen molar-refractivity contribution >= 4 is 38.7 Å². The number of imidazole rings is 1. The number of hydrogen-bond donors (Lipinski definition) is 5. The summed E-state index contributed by atoms with van der Waals surface area (Å²) in [4.78, 5) is 28.5. The van der Waals surface area contributed by atoms with Crippen molar-refractivity contribution < 1.29 is 19.7 Å². The molecule has 0 aliphatic carbocycles. The minimum Gasteiger partial charge on any atom is -0.492 e. The van der Waals surface area contributed by atoms with Crippen LogP contribution >= 0.6 is 15.9 Å². The third-order valence-corrected chi connectivity index (χ3v) is 6.97. The first-order chi connectivity index (χ1) is 18.8. The number of aliphatic hydroxyl groups is 2. The van der Waals surface area contributed by atoms with E-state index in [2.05, 4.69) is 41.2 Å². The Morgan fingerprint density at radius 3 is 2.69 bits per heavy atom.